The highest BCUT2D eigenvalue weighted by atomic mass is 16.3. The van der Waals surface area contributed by atoms with Crippen molar-refractivity contribution in [2.45, 2.75) is 18.6 Å². The van der Waals surface area contributed by atoms with Crippen LogP contribution in [0.5, 0.6) is 0 Å². The van der Waals surface area contributed by atoms with E-state index in [-0.39, 0.29) is 6.10 Å². The Hall–Kier alpha value is -0.200. The Morgan fingerprint density at radius 1 is 1.22 bits per heavy atom. The smallest absolute Gasteiger partial charge is 0.0682 e. The van der Waals surface area contributed by atoms with E-state index in [1.807, 2.05) is 0 Å². The molecule has 0 bridgehead atoms. The van der Waals surface area contributed by atoms with Crippen molar-refractivity contribution in [2.75, 3.05) is 66.5 Å². The quantitative estimate of drug-likeness (QED) is 0.653. The molecule has 2 heterocycles. The molecule has 0 aliphatic carbocycles. The van der Waals surface area contributed by atoms with Crippen LogP contribution < -0.4 is 5.32 Å². The maximum Gasteiger partial charge on any atom is 0.0682 e. The van der Waals surface area contributed by atoms with Crippen LogP contribution in [0.15, 0.2) is 0 Å². The van der Waals surface area contributed by atoms with E-state index in [4.69, 9.17) is 0 Å². The number of β-amino-alcohol motifs (C(OH)–C–C–N with tert-alkyl or cyclic N) is 1. The van der Waals surface area contributed by atoms with E-state index in [9.17, 15) is 5.11 Å². The molecule has 2 aliphatic rings. The average molecular weight is 256 g/mol. The van der Waals surface area contributed by atoms with Crippen LogP contribution in [0.25, 0.3) is 0 Å². The zero-order chi connectivity index (χ0) is 13.0. The summed E-state index contributed by atoms with van der Waals surface area (Å²) in [7, 11) is 4.22. The van der Waals surface area contributed by atoms with Crippen LogP contribution in [-0.4, -0.2) is 98.4 Å². The summed E-state index contributed by atoms with van der Waals surface area (Å²) in [6.07, 6.45) is 0.803. The molecule has 0 radical (unpaired) electrons. The van der Waals surface area contributed by atoms with Gasteiger partial charge in [-0.05, 0) is 20.5 Å². The average Bonchev–Trinajstić information content (AvgIpc) is 2.67. The van der Waals surface area contributed by atoms with E-state index in [1.165, 1.54) is 0 Å². The lowest BCUT2D eigenvalue weighted by atomic mass is 10.2. The minimum absolute atomic E-state index is 0.127. The number of hydrogen-bond donors (Lipinski definition) is 2. The lowest BCUT2D eigenvalue weighted by Gasteiger charge is -2.31. The van der Waals surface area contributed by atoms with E-state index in [0.717, 1.165) is 58.8 Å². The van der Waals surface area contributed by atoms with E-state index in [1.54, 1.807) is 0 Å². The zero-order valence-corrected chi connectivity index (χ0v) is 11.8. The molecule has 2 unspecified atom stereocenters. The summed E-state index contributed by atoms with van der Waals surface area (Å²) in [4.78, 5) is 7.21. The molecule has 106 valence electrons. The number of likely N-dealkylation sites (N-methyl/N-ethyl adjacent to an activating group) is 1. The Bertz CT molecular complexity index is 243. The SMILES string of the molecule is CN(C)CC1CC(O)CN1CCN1CCNCC1. The third kappa shape index (κ3) is 4.17. The van der Waals surface area contributed by atoms with Gasteiger partial charge in [0.15, 0.2) is 0 Å². The van der Waals surface area contributed by atoms with Crippen molar-refractivity contribution in [3.05, 3.63) is 0 Å². The van der Waals surface area contributed by atoms with Gasteiger partial charge < -0.3 is 15.3 Å². The Labute approximate surface area is 111 Å². The Kier molecular flexibility index (Phi) is 5.38. The van der Waals surface area contributed by atoms with Crippen molar-refractivity contribution in [1.82, 2.24) is 20.0 Å². The van der Waals surface area contributed by atoms with Crippen LogP contribution >= 0.6 is 0 Å². The second kappa shape index (κ2) is 6.82. The van der Waals surface area contributed by atoms with Gasteiger partial charge in [0.05, 0.1) is 6.10 Å². The predicted octanol–water partition coefficient (Wildman–Crippen LogP) is -1.11. The van der Waals surface area contributed by atoms with E-state index < -0.39 is 0 Å². The molecule has 0 aromatic rings. The van der Waals surface area contributed by atoms with Gasteiger partial charge in [-0.3, -0.25) is 9.80 Å². The van der Waals surface area contributed by atoms with Gasteiger partial charge in [-0.1, -0.05) is 0 Å². The second-order valence-electron chi connectivity index (χ2n) is 5.89. The molecule has 2 rings (SSSR count). The van der Waals surface area contributed by atoms with Gasteiger partial charge in [0, 0.05) is 58.4 Å². The van der Waals surface area contributed by atoms with Crippen molar-refractivity contribution >= 4 is 0 Å². The lowest BCUT2D eigenvalue weighted by Crippen LogP contribution is -2.47. The van der Waals surface area contributed by atoms with Crippen LogP contribution in [-0.2, 0) is 0 Å². The standard InChI is InChI=1S/C13H28N4O/c1-15(2)10-12-9-13(18)11-17(12)8-7-16-5-3-14-4-6-16/h12-14,18H,3-11H2,1-2H3. The van der Waals surface area contributed by atoms with Crippen molar-refractivity contribution in [1.29, 1.82) is 0 Å². The fraction of sp³-hybridized carbons (Fsp3) is 1.00. The number of nitrogens with zero attached hydrogens (tertiary/aromatic N) is 3. The number of hydrogen-bond acceptors (Lipinski definition) is 5. The largest absolute Gasteiger partial charge is 0.392 e. The number of aliphatic hydroxyl groups excluding tert-OH is 1. The number of aliphatic hydroxyl groups is 1. The lowest BCUT2D eigenvalue weighted by molar-refractivity contribution is 0.150. The minimum atomic E-state index is -0.127. The van der Waals surface area contributed by atoms with Crippen LogP contribution in [0.3, 0.4) is 0 Å². The number of piperazine rings is 1. The number of nitrogens with one attached hydrogen (secondary N) is 1. The first-order valence-electron chi connectivity index (χ1n) is 7.15. The minimum Gasteiger partial charge on any atom is -0.392 e. The monoisotopic (exact) mass is 256 g/mol. The number of rotatable bonds is 5. The molecule has 2 atom stereocenters. The zero-order valence-electron chi connectivity index (χ0n) is 11.8. The van der Waals surface area contributed by atoms with Gasteiger partial charge in [0.25, 0.3) is 0 Å². The highest BCUT2D eigenvalue weighted by molar-refractivity contribution is 4.87. The molecular formula is C13H28N4O. The van der Waals surface area contributed by atoms with Crippen molar-refractivity contribution in [2.24, 2.45) is 0 Å². The predicted molar refractivity (Wildman–Crippen MR) is 73.8 cm³/mol. The first-order chi connectivity index (χ1) is 8.65. The molecule has 2 N–H and O–H groups in total. The third-order valence-electron chi connectivity index (χ3n) is 3.99. The normalized spacial score (nSPS) is 31.3. The molecular weight excluding hydrogens is 228 g/mol. The third-order valence-corrected chi connectivity index (χ3v) is 3.99. The van der Waals surface area contributed by atoms with Crippen molar-refractivity contribution in [3.8, 4) is 0 Å². The molecule has 2 aliphatic heterocycles. The molecule has 2 saturated heterocycles. The van der Waals surface area contributed by atoms with Gasteiger partial charge in [-0.25, -0.2) is 0 Å². The summed E-state index contributed by atoms with van der Waals surface area (Å²) >= 11 is 0. The highest BCUT2D eigenvalue weighted by Crippen LogP contribution is 2.18. The molecule has 0 saturated carbocycles. The van der Waals surface area contributed by atoms with Crippen molar-refractivity contribution in [3.63, 3.8) is 0 Å². The first kappa shape index (κ1) is 14.2. The van der Waals surface area contributed by atoms with Crippen LogP contribution in [0.2, 0.25) is 0 Å². The molecule has 5 nitrogen and oxygen atoms in total. The van der Waals surface area contributed by atoms with Crippen LogP contribution in [0.4, 0.5) is 0 Å². The van der Waals surface area contributed by atoms with E-state index >= 15 is 0 Å². The van der Waals surface area contributed by atoms with Gasteiger partial charge in [-0.15, -0.1) is 0 Å². The molecule has 0 amide bonds. The van der Waals surface area contributed by atoms with Gasteiger partial charge in [0.1, 0.15) is 0 Å². The number of likely N-dealkylation sites (tertiary alicyclic amines) is 1. The topological polar surface area (TPSA) is 42.0 Å². The maximum atomic E-state index is 9.84. The Morgan fingerprint density at radius 3 is 2.61 bits per heavy atom. The summed E-state index contributed by atoms with van der Waals surface area (Å²) in [6, 6.07) is 0.526. The van der Waals surface area contributed by atoms with Gasteiger partial charge in [0.2, 0.25) is 0 Å². The Morgan fingerprint density at radius 2 is 1.94 bits per heavy atom. The molecule has 0 aromatic heterocycles. The summed E-state index contributed by atoms with van der Waals surface area (Å²) in [5.74, 6) is 0. The van der Waals surface area contributed by atoms with Crippen molar-refractivity contribution < 1.29 is 5.11 Å². The molecule has 2 fully saturated rings. The fourth-order valence-corrected chi connectivity index (χ4v) is 3.05. The summed E-state index contributed by atoms with van der Waals surface area (Å²) in [5.41, 5.74) is 0. The molecule has 0 aromatic carbocycles. The first-order valence-corrected chi connectivity index (χ1v) is 7.15. The highest BCUT2D eigenvalue weighted by Gasteiger charge is 2.31. The second-order valence-corrected chi connectivity index (χ2v) is 5.89. The summed E-state index contributed by atoms with van der Waals surface area (Å²) in [5, 5.41) is 13.2. The summed E-state index contributed by atoms with van der Waals surface area (Å²) in [6.45, 7) is 8.69. The van der Waals surface area contributed by atoms with E-state index in [2.05, 4.69) is 34.1 Å². The molecule has 5 heteroatoms. The molecule has 18 heavy (non-hydrogen) atoms. The maximum absolute atomic E-state index is 9.84. The van der Waals surface area contributed by atoms with Gasteiger partial charge in [-0.2, -0.15) is 0 Å². The van der Waals surface area contributed by atoms with Crippen LogP contribution in [0.1, 0.15) is 6.42 Å². The Balaban J connectivity index is 1.75. The fourth-order valence-electron chi connectivity index (χ4n) is 3.05. The molecule has 0 spiro atoms. The van der Waals surface area contributed by atoms with Crippen LogP contribution in [0, 0.1) is 0 Å². The van der Waals surface area contributed by atoms with E-state index in [0.29, 0.717) is 6.04 Å². The summed E-state index contributed by atoms with van der Waals surface area (Å²) < 4.78 is 0. The van der Waals surface area contributed by atoms with Gasteiger partial charge >= 0.3 is 0 Å².